The van der Waals surface area contributed by atoms with Crippen LogP contribution in [0.1, 0.15) is 10.4 Å². The second-order valence-corrected chi connectivity index (χ2v) is 5.93. The maximum atomic E-state index is 12.3. The first kappa shape index (κ1) is 18.8. The van der Waals surface area contributed by atoms with Gasteiger partial charge in [0.2, 0.25) is 0 Å². The van der Waals surface area contributed by atoms with Gasteiger partial charge in [0.1, 0.15) is 5.75 Å². The van der Waals surface area contributed by atoms with Gasteiger partial charge in [0.25, 0.3) is 5.91 Å². The van der Waals surface area contributed by atoms with Gasteiger partial charge in [-0.05, 0) is 60.7 Å². The van der Waals surface area contributed by atoms with Crippen LogP contribution >= 0.6 is 0 Å². The average Bonchev–Trinajstić information content (AvgIpc) is 2.71. The lowest BCUT2D eigenvalue weighted by molar-refractivity contribution is 0.102. The Morgan fingerprint density at radius 3 is 2.00 bits per heavy atom. The van der Waals surface area contributed by atoms with Crippen LogP contribution in [-0.2, 0) is 0 Å². The predicted octanol–water partition coefficient (Wildman–Crippen LogP) is 4.17. The summed E-state index contributed by atoms with van der Waals surface area (Å²) in [4.78, 5) is 24.3. The number of methoxy groups -OCH3 is 1. The largest absolute Gasteiger partial charge is 0.497 e. The highest BCUT2D eigenvalue weighted by molar-refractivity contribution is 6.05. The molecule has 142 valence electrons. The lowest BCUT2D eigenvalue weighted by atomic mass is 10.2. The maximum Gasteiger partial charge on any atom is 0.323 e. The minimum Gasteiger partial charge on any atom is -0.497 e. The van der Waals surface area contributed by atoms with Crippen LogP contribution < -0.4 is 26.4 Å². The summed E-state index contributed by atoms with van der Waals surface area (Å²) in [7, 11) is 1.57. The molecule has 3 aromatic rings. The van der Waals surface area contributed by atoms with Crippen molar-refractivity contribution < 1.29 is 14.3 Å². The van der Waals surface area contributed by atoms with E-state index in [0.717, 1.165) is 0 Å². The van der Waals surface area contributed by atoms with Gasteiger partial charge in [-0.1, -0.05) is 12.1 Å². The molecule has 0 saturated carbocycles. The number of urea groups is 1. The molecule has 0 saturated heterocycles. The van der Waals surface area contributed by atoms with Crippen molar-refractivity contribution >= 4 is 34.7 Å². The molecule has 5 N–H and O–H groups in total. The summed E-state index contributed by atoms with van der Waals surface area (Å²) >= 11 is 0. The molecule has 0 unspecified atom stereocenters. The van der Waals surface area contributed by atoms with Crippen LogP contribution in [0.2, 0.25) is 0 Å². The van der Waals surface area contributed by atoms with Gasteiger partial charge in [0.15, 0.2) is 0 Å². The van der Waals surface area contributed by atoms with Crippen LogP contribution in [0.5, 0.6) is 5.75 Å². The Morgan fingerprint density at radius 1 is 0.786 bits per heavy atom. The second kappa shape index (κ2) is 8.59. The number of nitrogens with two attached hydrogens (primary N) is 1. The third-order valence-corrected chi connectivity index (χ3v) is 3.96. The summed E-state index contributed by atoms with van der Waals surface area (Å²) < 4.78 is 5.08. The molecule has 28 heavy (non-hydrogen) atoms. The van der Waals surface area contributed by atoms with E-state index in [1.54, 1.807) is 79.9 Å². The smallest absolute Gasteiger partial charge is 0.323 e. The van der Waals surface area contributed by atoms with Crippen molar-refractivity contribution in [2.45, 2.75) is 0 Å². The Kier molecular flexibility index (Phi) is 5.76. The van der Waals surface area contributed by atoms with Crippen LogP contribution in [0.3, 0.4) is 0 Å². The van der Waals surface area contributed by atoms with Gasteiger partial charge >= 0.3 is 6.03 Å². The summed E-state index contributed by atoms with van der Waals surface area (Å²) in [6.45, 7) is 0. The molecule has 0 fully saturated rings. The van der Waals surface area contributed by atoms with E-state index in [0.29, 0.717) is 34.1 Å². The number of carbonyl (C=O) groups is 2. The van der Waals surface area contributed by atoms with Gasteiger partial charge in [-0.3, -0.25) is 4.79 Å². The predicted molar refractivity (Wildman–Crippen MR) is 111 cm³/mol. The Balaban J connectivity index is 1.57. The highest BCUT2D eigenvalue weighted by Crippen LogP contribution is 2.19. The average molecular weight is 376 g/mol. The molecule has 3 amide bonds. The monoisotopic (exact) mass is 376 g/mol. The van der Waals surface area contributed by atoms with Crippen molar-refractivity contribution in [3.63, 3.8) is 0 Å². The van der Waals surface area contributed by atoms with Crippen molar-refractivity contribution in [2.75, 3.05) is 28.8 Å². The third kappa shape index (κ3) is 4.79. The lowest BCUT2D eigenvalue weighted by Crippen LogP contribution is -2.20. The molecule has 0 spiro atoms. The van der Waals surface area contributed by atoms with Crippen LogP contribution in [0.4, 0.5) is 27.5 Å². The van der Waals surface area contributed by atoms with E-state index in [1.165, 1.54) is 0 Å². The summed E-state index contributed by atoms with van der Waals surface area (Å²) in [5.74, 6) is 0.447. The number of ether oxygens (including phenoxy) is 1. The van der Waals surface area contributed by atoms with E-state index >= 15 is 0 Å². The van der Waals surface area contributed by atoms with E-state index in [2.05, 4.69) is 16.0 Å². The Labute approximate surface area is 162 Å². The molecule has 0 aliphatic carbocycles. The molecule has 0 aliphatic rings. The van der Waals surface area contributed by atoms with Gasteiger partial charge in [0.05, 0.1) is 18.5 Å². The zero-order chi connectivity index (χ0) is 19.9. The molecule has 0 heterocycles. The molecule has 0 atom stereocenters. The zero-order valence-corrected chi connectivity index (χ0v) is 15.2. The number of hydrogen-bond donors (Lipinski definition) is 4. The standard InChI is InChI=1S/C21H20N4O3/c1-28-17-12-6-14(7-13-17)20(26)23-15-8-10-16(11-9-15)24-21(27)25-19-5-3-2-4-18(19)22/h2-13H,22H2,1H3,(H,23,26)(H2,24,25,27). The Morgan fingerprint density at radius 2 is 1.39 bits per heavy atom. The van der Waals surface area contributed by atoms with Crippen LogP contribution in [0, 0.1) is 0 Å². The summed E-state index contributed by atoms with van der Waals surface area (Å²) in [6, 6.07) is 20.2. The molecule has 3 rings (SSSR count). The molecule has 7 heteroatoms. The normalized spacial score (nSPS) is 10.0. The van der Waals surface area contributed by atoms with E-state index in [-0.39, 0.29) is 5.91 Å². The number of benzene rings is 3. The summed E-state index contributed by atoms with van der Waals surface area (Å²) in [5.41, 5.74) is 8.52. The van der Waals surface area contributed by atoms with Crippen molar-refractivity contribution in [1.82, 2.24) is 0 Å². The van der Waals surface area contributed by atoms with Gasteiger partial charge in [-0.15, -0.1) is 0 Å². The van der Waals surface area contributed by atoms with Crippen LogP contribution in [0.15, 0.2) is 72.8 Å². The lowest BCUT2D eigenvalue weighted by Gasteiger charge is -2.10. The molecule has 3 aromatic carbocycles. The highest BCUT2D eigenvalue weighted by atomic mass is 16.5. The third-order valence-electron chi connectivity index (χ3n) is 3.96. The fourth-order valence-corrected chi connectivity index (χ4v) is 2.48. The number of nitrogens with one attached hydrogen (secondary N) is 3. The second-order valence-electron chi connectivity index (χ2n) is 5.93. The van der Waals surface area contributed by atoms with Crippen molar-refractivity contribution in [3.05, 3.63) is 78.4 Å². The Bertz CT molecular complexity index is 970. The molecular formula is C21H20N4O3. The number of amides is 3. The van der Waals surface area contributed by atoms with Gasteiger partial charge in [-0.25, -0.2) is 4.79 Å². The maximum absolute atomic E-state index is 12.3. The molecule has 0 aromatic heterocycles. The first-order chi connectivity index (χ1) is 13.5. The van der Waals surface area contributed by atoms with E-state index in [1.807, 2.05) is 0 Å². The van der Waals surface area contributed by atoms with Crippen molar-refractivity contribution in [1.29, 1.82) is 0 Å². The minimum absolute atomic E-state index is 0.236. The summed E-state index contributed by atoms with van der Waals surface area (Å²) in [5, 5.41) is 8.19. The summed E-state index contributed by atoms with van der Waals surface area (Å²) in [6.07, 6.45) is 0. The van der Waals surface area contributed by atoms with E-state index < -0.39 is 6.03 Å². The minimum atomic E-state index is -0.409. The molecule has 0 radical (unpaired) electrons. The van der Waals surface area contributed by atoms with Gasteiger partial charge in [0, 0.05) is 16.9 Å². The zero-order valence-electron chi connectivity index (χ0n) is 15.2. The topological polar surface area (TPSA) is 105 Å². The van der Waals surface area contributed by atoms with E-state index in [9.17, 15) is 9.59 Å². The number of para-hydroxylation sites is 2. The van der Waals surface area contributed by atoms with Gasteiger partial charge < -0.3 is 26.4 Å². The highest BCUT2D eigenvalue weighted by Gasteiger charge is 2.08. The molecular weight excluding hydrogens is 356 g/mol. The van der Waals surface area contributed by atoms with Crippen molar-refractivity contribution in [3.8, 4) is 5.75 Å². The fraction of sp³-hybridized carbons (Fsp3) is 0.0476. The first-order valence-electron chi connectivity index (χ1n) is 8.53. The van der Waals surface area contributed by atoms with Gasteiger partial charge in [-0.2, -0.15) is 0 Å². The van der Waals surface area contributed by atoms with Crippen LogP contribution in [0.25, 0.3) is 0 Å². The molecule has 7 nitrogen and oxygen atoms in total. The Hall–Kier alpha value is -4.00. The fourth-order valence-electron chi connectivity index (χ4n) is 2.48. The number of anilines is 4. The van der Waals surface area contributed by atoms with Crippen LogP contribution in [-0.4, -0.2) is 19.0 Å². The molecule has 0 aliphatic heterocycles. The SMILES string of the molecule is COc1ccc(C(=O)Nc2ccc(NC(=O)Nc3ccccc3N)cc2)cc1. The first-order valence-corrected chi connectivity index (χ1v) is 8.53. The van der Waals surface area contributed by atoms with E-state index in [4.69, 9.17) is 10.5 Å². The quantitative estimate of drug-likeness (QED) is 0.501. The number of nitrogen functional groups attached to an aromatic ring is 1. The number of rotatable bonds is 5. The number of carbonyl (C=O) groups excluding carboxylic acids is 2. The number of hydrogen-bond acceptors (Lipinski definition) is 4. The molecule has 0 bridgehead atoms. The van der Waals surface area contributed by atoms with Crippen molar-refractivity contribution in [2.24, 2.45) is 0 Å².